The number of aromatic nitrogens is 4. The average molecular weight is 420 g/mol. The molecule has 0 radical (unpaired) electrons. The molecule has 132 valence electrons. The lowest BCUT2D eigenvalue weighted by molar-refractivity contribution is -0.168. The number of aliphatic carboxylic acids is 1. The van der Waals surface area contributed by atoms with E-state index < -0.39 is 28.5 Å². The van der Waals surface area contributed by atoms with Gasteiger partial charge in [-0.2, -0.15) is 12.6 Å². The van der Waals surface area contributed by atoms with E-state index in [9.17, 15) is 19.8 Å². The number of esters is 1. The molecule has 1 aliphatic heterocycles. The highest BCUT2D eigenvalue weighted by molar-refractivity contribution is 8.05. The minimum atomic E-state index is -2.33. The quantitative estimate of drug-likeness (QED) is 0.333. The minimum Gasteiger partial charge on any atom is -0.501 e. The number of nitrogen functional groups attached to an aromatic ring is 2. The monoisotopic (exact) mass is 420 g/mol. The number of carboxylic acids is 1. The summed E-state index contributed by atoms with van der Waals surface area (Å²) in [5.74, 6) is -3.63. The smallest absolute Gasteiger partial charge is 0.375 e. The number of rotatable bonds is 5. The maximum atomic E-state index is 12.0. The number of thiol groups is 1. The van der Waals surface area contributed by atoms with Gasteiger partial charge in [-0.05, 0) is 0 Å². The van der Waals surface area contributed by atoms with Crippen LogP contribution in [0.15, 0.2) is 15.0 Å². The van der Waals surface area contributed by atoms with E-state index in [4.69, 9.17) is 16.2 Å². The predicted molar refractivity (Wildman–Crippen MR) is 92.3 cm³/mol. The Balaban J connectivity index is 2.10. The van der Waals surface area contributed by atoms with Gasteiger partial charge in [0, 0.05) is 0 Å². The fourth-order valence-corrected chi connectivity index (χ4v) is 5.05. The molecule has 6 N–H and O–H groups in total. The molecule has 2 unspecified atom stereocenters. The molecule has 0 amide bonds. The molecule has 1 aliphatic rings. The highest BCUT2D eigenvalue weighted by Gasteiger charge is 2.60. The van der Waals surface area contributed by atoms with Crippen molar-refractivity contribution < 1.29 is 24.5 Å². The van der Waals surface area contributed by atoms with Gasteiger partial charge in [-0.1, -0.05) is 34.4 Å². The van der Waals surface area contributed by atoms with Crippen molar-refractivity contribution in [2.75, 3.05) is 11.5 Å². The summed E-state index contributed by atoms with van der Waals surface area (Å²) in [6.45, 7) is 0. The number of anilines is 2. The second-order valence-corrected chi connectivity index (χ2v) is 8.32. The van der Waals surface area contributed by atoms with E-state index in [1.807, 2.05) is 0 Å². The highest BCUT2D eigenvalue weighted by atomic mass is 32.2. The van der Waals surface area contributed by atoms with Crippen molar-refractivity contribution in [1.29, 1.82) is 0 Å². The number of carboxylic acid groups (broad SMARTS) is 1. The van der Waals surface area contributed by atoms with Crippen LogP contribution in [0, 0.1) is 0 Å². The Bertz CT molecular complexity index is 896. The Morgan fingerprint density at radius 3 is 2.40 bits per heavy atom. The fourth-order valence-electron chi connectivity index (χ4n) is 1.95. The lowest BCUT2D eigenvalue weighted by Crippen LogP contribution is -2.44. The third-order valence-electron chi connectivity index (χ3n) is 3.00. The molecule has 0 saturated heterocycles. The summed E-state index contributed by atoms with van der Waals surface area (Å²) in [6, 6.07) is 0. The maximum absolute atomic E-state index is 12.0. The maximum Gasteiger partial charge on any atom is 0.375 e. The Labute approximate surface area is 156 Å². The lowest BCUT2D eigenvalue weighted by atomic mass is 9.99. The Morgan fingerprint density at radius 2 is 1.88 bits per heavy atom. The van der Waals surface area contributed by atoms with Crippen molar-refractivity contribution >= 4 is 69.3 Å². The van der Waals surface area contributed by atoms with Gasteiger partial charge >= 0.3 is 11.9 Å². The first-order valence-corrected chi connectivity index (χ1v) is 9.16. The SMILES string of the molecule is Nc1nnc(SC2=C(O)C(=O)OC2(C(=O)O)C(S)c2nnc(N)s2)s1. The zero-order chi connectivity index (χ0) is 18.4. The van der Waals surface area contributed by atoms with E-state index in [0.29, 0.717) is 11.8 Å². The van der Waals surface area contributed by atoms with Crippen LogP contribution in [0.25, 0.3) is 0 Å². The molecule has 25 heavy (non-hydrogen) atoms. The van der Waals surface area contributed by atoms with E-state index in [2.05, 4.69) is 33.0 Å². The zero-order valence-corrected chi connectivity index (χ0v) is 15.2. The number of carbonyl (C=O) groups excluding carboxylic acids is 1. The topological polar surface area (TPSA) is 187 Å². The molecule has 0 fully saturated rings. The summed E-state index contributed by atoms with van der Waals surface area (Å²) in [5.41, 5.74) is 8.67. The molecular formula is C10H8N6O5S4. The van der Waals surface area contributed by atoms with Gasteiger partial charge in [0.05, 0.1) is 4.91 Å². The van der Waals surface area contributed by atoms with Crippen LogP contribution in [-0.2, 0) is 14.3 Å². The number of thioether (sulfide) groups is 1. The molecule has 0 aliphatic carbocycles. The summed E-state index contributed by atoms with van der Waals surface area (Å²) in [7, 11) is 0. The summed E-state index contributed by atoms with van der Waals surface area (Å²) in [6.07, 6.45) is 0. The van der Waals surface area contributed by atoms with E-state index in [1.165, 1.54) is 0 Å². The van der Waals surface area contributed by atoms with Crippen molar-refractivity contribution in [2.24, 2.45) is 0 Å². The van der Waals surface area contributed by atoms with Gasteiger partial charge in [-0.3, -0.25) is 0 Å². The number of ether oxygens (including phenoxy) is 1. The van der Waals surface area contributed by atoms with Gasteiger partial charge in [0.2, 0.25) is 16.0 Å². The number of cyclic esters (lactones) is 1. The number of aliphatic hydroxyl groups excluding tert-OH is 1. The molecule has 2 aromatic heterocycles. The number of carbonyl (C=O) groups is 2. The molecule has 2 aromatic rings. The van der Waals surface area contributed by atoms with Crippen LogP contribution in [0.4, 0.5) is 10.3 Å². The van der Waals surface area contributed by atoms with Gasteiger partial charge in [0.1, 0.15) is 10.3 Å². The molecule has 2 atom stereocenters. The molecular weight excluding hydrogens is 412 g/mol. The molecule has 15 heteroatoms. The van der Waals surface area contributed by atoms with Gasteiger partial charge in [0.15, 0.2) is 4.34 Å². The van der Waals surface area contributed by atoms with Crippen LogP contribution in [0.1, 0.15) is 10.3 Å². The van der Waals surface area contributed by atoms with Gasteiger partial charge in [-0.15, -0.1) is 20.4 Å². The average Bonchev–Trinajstić information content (AvgIpc) is 3.22. The highest BCUT2D eigenvalue weighted by Crippen LogP contribution is 2.52. The Hall–Kier alpha value is -2.10. The number of aliphatic hydroxyl groups is 1. The zero-order valence-electron chi connectivity index (χ0n) is 11.8. The molecule has 0 aromatic carbocycles. The Kier molecular flexibility index (Phi) is 4.48. The van der Waals surface area contributed by atoms with Crippen LogP contribution < -0.4 is 11.5 Å². The van der Waals surface area contributed by atoms with Crippen LogP contribution in [0.5, 0.6) is 0 Å². The standard InChI is InChI=1S/C10H8N6O5S4/c11-7-14-13-4(24-7)2(22)10(6(19)20)3(1(17)5(18)21-10)23-9-16-15-8(12)25-9/h2,17,22H,(H2,11,14)(H2,12,15)(H,19,20). The number of hydrogen-bond acceptors (Lipinski definition) is 14. The molecule has 11 nitrogen and oxygen atoms in total. The van der Waals surface area contributed by atoms with E-state index >= 15 is 0 Å². The van der Waals surface area contributed by atoms with Crippen molar-refractivity contribution in [2.45, 2.75) is 15.2 Å². The number of nitrogens with two attached hydrogens (primary N) is 2. The summed E-state index contributed by atoms with van der Waals surface area (Å²) in [5, 5.41) is 33.5. The molecule has 0 bridgehead atoms. The van der Waals surface area contributed by atoms with Gasteiger partial charge < -0.3 is 26.4 Å². The second kappa shape index (κ2) is 6.32. The first kappa shape index (κ1) is 17.7. The Morgan fingerprint density at radius 1 is 1.24 bits per heavy atom. The first-order chi connectivity index (χ1) is 11.8. The summed E-state index contributed by atoms with van der Waals surface area (Å²) < 4.78 is 5.21. The number of nitrogens with zero attached hydrogens (tertiary/aromatic N) is 4. The van der Waals surface area contributed by atoms with Crippen molar-refractivity contribution in [3.05, 3.63) is 15.7 Å². The van der Waals surface area contributed by atoms with Gasteiger partial charge in [-0.25, -0.2) is 9.59 Å². The molecule has 0 spiro atoms. The molecule has 3 heterocycles. The van der Waals surface area contributed by atoms with Crippen molar-refractivity contribution in [3.8, 4) is 0 Å². The number of hydrogen-bond donors (Lipinski definition) is 5. The molecule has 3 rings (SSSR count). The second-order valence-electron chi connectivity index (χ2n) is 4.50. The molecule has 0 saturated carbocycles. The first-order valence-electron chi connectivity index (χ1n) is 6.20. The third-order valence-corrected chi connectivity index (χ3v) is 6.61. The van der Waals surface area contributed by atoms with Gasteiger partial charge in [0.25, 0.3) is 5.60 Å². The third kappa shape index (κ3) is 2.88. The van der Waals surface area contributed by atoms with E-state index in [1.54, 1.807) is 0 Å². The fraction of sp³-hybridized carbons (Fsp3) is 0.200. The van der Waals surface area contributed by atoms with Crippen molar-refractivity contribution in [1.82, 2.24) is 20.4 Å². The van der Waals surface area contributed by atoms with Crippen LogP contribution in [0.2, 0.25) is 0 Å². The minimum absolute atomic E-state index is 0.0817. The van der Waals surface area contributed by atoms with E-state index in [0.717, 1.165) is 22.7 Å². The predicted octanol–water partition coefficient (Wildman–Crippen LogP) is 0.467. The summed E-state index contributed by atoms with van der Waals surface area (Å²) in [4.78, 5) is 23.6. The van der Waals surface area contributed by atoms with E-state index in [-0.39, 0.29) is 24.5 Å². The van der Waals surface area contributed by atoms with Crippen LogP contribution >= 0.6 is 47.1 Å². The van der Waals surface area contributed by atoms with Crippen LogP contribution in [0.3, 0.4) is 0 Å². The lowest BCUT2D eigenvalue weighted by Gasteiger charge is -2.28. The normalized spacial score (nSPS) is 21.4. The summed E-state index contributed by atoms with van der Waals surface area (Å²) >= 11 is 6.76. The van der Waals surface area contributed by atoms with Crippen LogP contribution in [-0.4, -0.2) is 48.1 Å². The largest absolute Gasteiger partial charge is 0.501 e. The van der Waals surface area contributed by atoms with Crippen molar-refractivity contribution in [3.63, 3.8) is 0 Å².